The summed E-state index contributed by atoms with van der Waals surface area (Å²) >= 11 is 1.98. The molecule has 1 atom stereocenters. The summed E-state index contributed by atoms with van der Waals surface area (Å²) in [7, 11) is 0. The van der Waals surface area contributed by atoms with E-state index >= 15 is 0 Å². The molecule has 0 spiro atoms. The van der Waals surface area contributed by atoms with Crippen molar-refractivity contribution in [1.82, 2.24) is 0 Å². The zero-order chi connectivity index (χ0) is 13.5. The lowest BCUT2D eigenvalue weighted by atomic mass is 10.0. The Bertz CT molecular complexity index is 348. The van der Waals surface area contributed by atoms with E-state index in [-0.39, 0.29) is 0 Å². The highest BCUT2D eigenvalue weighted by Gasteiger charge is 2.17. The van der Waals surface area contributed by atoms with Crippen LogP contribution in [0.3, 0.4) is 0 Å². The molecule has 1 aromatic heterocycles. The van der Waals surface area contributed by atoms with E-state index in [4.69, 9.17) is 5.73 Å². The Kier molecular flexibility index (Phi) is 6.39. The Balaban J connectivity index is 1.60. The van der Waals surface area contributed by atoms with E-state index in [0.29, 0.717) is 6.04 Å². The lowest BCUT2D eigenvalue weighted by Gasteiger charge is -2.09. The number of fused-ring (bicyclic) bond motifs is 1. The Hall–Kier alpha value is -0.340. The Labute approximate surface area is 122 Å². The van der Waals surface area contributed by atoms with E-state index in [0.717, 1.165) is 0 Å². The molecule has 1 aliphatic rings. The fraction of sp³-hybridized carbons (Fsp3) is 0.765. The van der Waals surface area contributed by atoms with Gasteiger partial charge in [0.15, 0.2) is 0 Å². The van der Waals surface area contributed by atoms with Gasteiger partial charge in [0.25, 0.3) is 0 Å². The Morgan fingerprint density at radius 1 is 1.11 bits per heavy atom. The maximum absolute atomic E-state index is 6.33. The molecule has 108 valence electrons. The van der Waals surface area contributed by atoms with E-state index in [1.54, 1.807) is 10.4 Å². The van der Waals surface area contributed by atoms with Crippen molar-refractivity contribution in [2.45, 2.75) is 83.6 Å². The maximum Gasteiger partial charge on any atom is 0.0389 e. The van der Waals surface area contributed by atoms with Crippen molar-refractivity contribution in [2.24, 2.45) is 5.73 Å². The van der Waals surface area contributed by atoms with Crippen molar-refractivity contribution in [3.8, 4) is 0 Å². The number of nitrogens with two attached hydrogens (primary N) is 1. The first kappa shape index (κ1) is 15.1. The van der Waals surface area contributed by atoms with Crippen LogP contribution in [0.15, 0.2) is 6.07 Å². The van der Waals surface area contributed by atoms with Gasteiger partial charge in [0.2, 0.25) is 0 Å². The Morgan fingerprint density at radius 3 is 2.58 bits per heavy atom. The minimum Gasteiger partial charge on any atom is -0.323 e. The van der Waals surface area contributed by atoms with Crippen LogP contribution in [0.5, 0.6) is 0 Å². The molecule has 0 radical (unpaired) electrons. The number of hydrogen-bond acceptors (Lipinski definition) is 2. The molecule has 0 amide bonds. The minimum absolute atomic E-state index is 0.297. The summed E-state index contributed by atoms with van der Waals surface area (Å²) in [4.78, 5) is 3.06. The highest BCUT2D eigenvalue weighted by atomic mass is 32.1. The van der Waals surface area contributed by atoms with Crippen LogP contribution in [0.25, 0.3) is 0 Å². The highest BCUT2D eigenvalue weighted by molar-refractivity contribution is 7.12. The molecular weight excluding hydrogens is 250 g/mol. The third-order valence-corrected chi connectivity index (χ3v) is 5.62. The van der Waals surface area contributed by atoms with E-state index in [1.165, 1.54) is 75.5 Å². The predicted molar refractivity (Wildman–Crippen MR) is 85.9 cm³/mol. The molecule has 0 aromatic carbocycles. The van der Waals surface area contributed by atoms with Crippen molar-refractivity contribution in [3.63, 3.8) is 0 Å². The second-order valence-electron chi connectivity index (χ2n) is 5.97. The van der Waals surface area contributed by atoms with E-state index in [9.17, 15) is 0 Å². The van der Waals surface area contributed by atoms with Crippen LogP contribution in [-0.4, -0.2) is 0 Å². The van der Waals surface area contributed by atoms with Crippen LogP contribution in [0.1, 0.15) is 86.1 Å². The van der Waals surface area contributed by atoms with E-state index < -0.39 is 0 Å². The minimum atomic E-state index is 0.297. The maximum atomic E-state index is 6.33. The average Bonchev–Trinajstić information content (AvgIpc) is 2.98. The van der Waals surface area contributed by atoms with Gasteiger partial charge in [0, 0.05) is 15.8 Å². The van der Waals surface area contributed by atoms with Gasteiger partial charge in [0.1, 0.15) is 0 Å². The van der Waals surface area contributed by atoms with Crippen molar-refractivity contribution in [2.75, 3.05) is 0 Å². The van der Waals surface area contributed by atoms with Gasteiger partial charge in [-0.15, -0.1) is 11.3 Å². The van der Waals surface area contributed by atoms with Gasteiger partial charge in [-0.25, -0.2) is 0 Å². The molecule has 19 heavy (non-hydrogen) atoms. The van der Waals surface area contributed by atoms with Gasteiger partial charge >= 0.3 is 0 Å². The van der Waals surface area contributed by atoms with E-state index in [2.05, 4.69) is 13.0 Å². The standard InChI is InChI=1S/C17H29NS/c1-2-3-4-5-6-7-8-11-15(18)17-13-14-10-9-12-16(14)19-17/h13,15H,2-12,18H2,1H3. The van der Waals surface area contributed by atoms with Crippen molar-refractivity contribution in [1.29, 1.82) is 0 Å². The van der Waals surface area contributed by atoms with Crippen LogP contribution in [0.4, 0.5) is 0 Å². The van der Waals surface area contributed by atoms with Crippen molar-refractivity contribution < 1.29 is 0 Å². The first-order chi connectivity index (χ1) is 9.31. The second-order valence-corrected chi connectivity index (χ2v) is 7.14. The Morgan fingerprint density at radius 2 is 1.84 bits per heavy atom. The number of thiophene rings is 1. The van der Waals surface area contributed by atoms with Gasteiger partial charge in [0.05, 0.1) is 0 Å². The largest absolute Gasteiger partial charge is 0.323 e. The zero-order valence-corrected chi connectivity index (χ0v) is 13.2. The SMILES string of the molecule is CCCCCCCCCC(N)c1cc2c(s1)CCC2. The molecule has 1 aromatic rings. The monoisotopic (exact) mass is 279 g/mol. The molecular formula is C17H29NS. The number of aryl methyl sites for hydroxylation is 2. The first-order valence-corrected chi connectivity index (χ1v) is 9.00. The normalized spacial score (nSPS) is 15.7. The summed E-state index contributed by atoms with van der Waals surface area (Å²) < 4.78 is 0. The third kappa shape index (κ3) is 4.61. The molecule has 2 heteroatoms. The molecule has 1 heterocycles. The number of hydrogen-bond donors (Lipinski definition) is 1. The smallest absolute Gasteiger partial charge is 0.0389 e. The third-order valence-electron chi connectivity index (χ3n) is 4.25. The quantitative estimate of drug-likeness (QED) is 0.604. The summed E-state index contributed by atoms with van der Waals surface area (Å²) in [5.41, 5.74) is 7.92. The summed E-state index contributed by atoms with van der Waals surface area (Å²) in [5.74, 6) is 0. The molecule has 1 nitrogen and oxygen atoms in total. The summed E-state index contributed by atoms with van der Waals surface area (Å²) in [6, 6.07) is 2.69. The predicted octanol–water partition coefficient (Wildman–Crippen LogP) is 5.38. The van der Waals surface area contributed by atoms with Crippen LogP contribution in [0.2, 0.25) is 0 Å². The highest BCUT2D eigenvalue weighted by Crippen LogP contribution is 2.34. The molecule has 2 N–H and O–H groups in total. The van der Waals surface area contributed by atoms with Gasteiger partial charge < -0.3 is 5.73 Å². The van der Waals surface area contributed by atoms with E-state index in [1.807, 2.05) is 11.3 Å². The first-order valence-electron chi connectivity index (χ1n) is 8.18. The molecule has 1 unspecified atom stereocenters. The lowest BCUT2D eigenvalue weighted by molar-refractivity contribution is 0.544. The van der Waals surface area contributed by atoms with Gasteiger partial charge in [-0.1, -0.05) is 51.9 Å². The zero-order valence-electron chi connectivity index (χ0n) is 12.4. The fourth-order valence-corrected chi connectivity index (χ4v) is 4.29. The van der Waals surface area contributed by atoms with Crippen LogP contribution < -0.4 is 5.73 Å². The second kappa shape index (κ2) is 8.06. The summed E-state index contributed by atoms with van der Waals surface area (Å²) in [6.07, 6.45) is 14.7. The van der Waals surface area contributed by atoms with Crippen LogP contribution >= 0.6 is 11.3 Å². The summed E-state index contributed by atoms with van der Waals surface area (Å²) in [6.45, 7) is 2.28. The molecule has 0 saturated carbocycles. The summed E-state index contributed by atoms with van der Waals surface area (Å²) in [5, 5.41) is 0. The topological polar surface area (TPSA) is 26.0 Å². The molecule has 2 rings (SSSR count). The lowest BCUT2D eigenvalue weighted by Crippen LogP contribution is -2.08. The molecule has 0 saturated heterocycles. The van der Waals surface area contributed by atoms with Gasteiger partial charge in [-0.3, -0.25) is 0 Å². The molecule has 0 aliphatic heterocycles. The van der Waals surface area contributed by atoms with Crippen molar-refractivity contribution in [3.05, 3.63) is 21.4 Å². The number of unbranched alkanes of at least 4 members (excludes halogenated alkanes) is 6. The molecule has 0 bridgehead atoms. The van der Waals surface area contributed by atoms with Crippen molar-refractivity contribution >= 4 is 11.3 Å². The average molecular weight is 279 g/mol. The molecule has 0 fully saturated rings. The van der Waals surface area contributed by atoms with Gasteiger partial charge in [-0.2, -0.15) is 0 Å². The number of rotatable bonds is 9. The van der Waals surface area contributed by atoms with Crippen LogP contribution in [-0.2, 0) is 12.8 Å². The fourth-order valence-electron chi connectivity index (χ4n) is 3.00. The molecule has 1 aliphatic carbocycles. The van der Waals surface area contributed by atoms with Gasteiger partial charge in [-0.05, 0) is 37.3 Å². The van der Waals surface area contributed by atoms with Crippen LogP contribution in [0, 0.1) is 0 Å².